The van der Waals surface area contributed by atoms with Crippen molar-refractivity contribution >= 4 is 52.9 Å². The highest BCUT2D eigenvalue weighted by molar-refractivity contribution is 8.00. The van der Waals surface area contributed by atoms with E-state index in [1.807, 2.05) is 78.9 Å². The molecule has 8 nitrogen and oxygen atoms in total. The van der Waals surface area contributed by atoms with Gasteiger partial charge in [-0.3, -0.25) is 14.4 Å². The SMILES string of the molecule is CCOC(=O)c1ccc(NC(=O)C(Sc2ccc(NC(=O)/C(=C/c3ccccc3)NC(=O)c3ccccc3)cc2)c2ccccc2)cc1. The highest BCUT2D eigenvalue weighted by Gasteiger charge is 2.23. The van der Waals surface area contributed by atoms with Crippen molar-refractivity contribution in [2.45, 2.75) is 17.1 Å². The molecule has 0 aliphatic rings. The van der Waals surface area contributed by atoms with Crippen LogP contribution in [0.2, 0.25) is 0 Å². The van der Waals surface area contributed by atoms with E-state index in [-0.39, 0.29) is 18.2 Å². The topological polar surface area (TPSA) is 114 Å². The molecule has 0 heterocycles. The van der Waals surface area contributed by atoms with Gasteiger partial charge in [-0.05, 0) is 84.8 Å². The molecule has 0 saturated carbocycles. The van der Waals surface area contributed by atoms with Gasteiger partial charge in [-0.2, -0.15) is 0 Å². The Morgan fingerprint density at radius 2 is 1.23 bits per heavy atom. The Hall–Kier alpha value is -5.93. The van der Waals surface area contributed by atoms with Gasteiger partial charge in [0.2, 0.25) is 5.91 Å². The third kappa shape index (κ3) is 9.31. The first-order valence-electron chi connectivity index (χ1n) is 15.2. The van der Waals surface area contributed by atoms with Gasteiger partial charge >= 0.3 is 5.97 Å². The fourth-order valence-electron chi connectivity index (χ4n) is 4.62. The third-order valence-electron chi connectivity index (χ3n) is 7.01. The maximum atomic E-state index is 13.5. The van der Waals surface area contributed by atoms with E-state index in [0.29, 0.717) is 22.5 Å². The van der Waals surface area contributed by atoms with Crippen molar-refractivity contribution in [2.75, 3.05) is 17.2 Å². The molecule has 0 spiro atoms. The normalized spacial score (nSPS) is 11.6. The van der Waals surface area contributed by atoms with Crippen LogP contribution >= 0.6 is 11.8 Å². The van der Waals surface area contributed by atoms with Crippen LogP contribution in [0.5, 0.6) is 0 Å². The largest absolute Gasteiger partial charge is 0.462 e. The fraction of sp³-hybridized carbons (Fsp3) is 0.0769. The quantitative estimate of drug-likeness (QED) is 0.0720. The van der Waals surface area contributed by atoms with Crippen LogP contribution in [0.3, 0.4) is 0 Å². The molecule has 0 aromatic heterocycles. The molecule has 48 heavy (non-hydrogen) atoms. The smallest absolute Gasteiger partial charge is 0.338 e. The molecule has 5 aromatic carbocycles. The number of carbonyl (C=O) groups excluding carboxylic acids is 4. The lowest BCUT2D eigenvalue weighted by atomic mass is 10.1. The van der Waals surface area contributed by atoms with E-state index < -0.39 is 23.0 Å². The molecule has 240 valence electrons. The Bertz CT molecular complexity index is 1880. The van der Waals surface area contributed by atoms with Crippen LogP contribution in [0.4, 0.5) is 11.4 Å². The van der Waals surface area contributed by atoms with E-state index in [4.69, 9.17) is 4.74 Å². The molecule has 0 saturated heterocycles. The minimum absolute atomic E-state index is 0.0876. The molecule has 0 radical (unpaired) electrons. The van der Waals surface area contributed by atoms with Crippen LogP contribution in [0.1, 0.15) is 44.0 Å². The number of hydrogen-bond acceptors (Lipinski definition) is 6. The summed E-state index contributed by atoms with van der Waals surface area (Å²) in [7, 11) is 0. The number of rotatable bonds is 12. The predicted octanol–water partition coefficient (Wildman–Crippen LogP) is 7.75. The Morgan fingerprint density at radius 3 is 1.85 bits per heavy atom. The lowest BCUT2D eigenvalue weighted by Crippen LogP contribution is -2.30. The van der Waals surface area contributed by atoms with Gasteiger partial charge in [0.05, 0.1) is 12.2 Å². The van der Waals surface area contributed by atoms with Crippen molar-refractivity contribution in [1.29, 1.82) is 0 Å². The molecule has 5 rings (SSSR count). The van der Waals surface area contributed by atoms with Crippen LogP contribution in [0, 0.1) is 0 Å². The summed E-state index contributed by atoms with van der Waals surface area (Å²) in [5.41, 5.74) is 3.54. The van der Waals surface area contributed by atoms with E-state index in [1.54, 1.807) is 73.7 Å². The van der Waals surface area contributed by atoms with Gasteiger partial charge < -0.3 is 20.7 Å². The van der Waals surface area contributed by atoms with Crippen molar-refractivity contribution in [3.8, 4) is 0 Å². The van der Waals surface area contributed by atoms with E-state index in [1.165, 1.54) is 11.8 Å². The molecule has 1 unspecified atom stereocenters. The Kier molecular flexibility index (Phi) is 11.5. The maximum Gasteiger partial charge on any atom is 0.338 e. The van der Waals surface area contributed by atoms with Crippen molar-refractivity contribution < 1.29 is 23.9 Å². The standard InChI is InChI=1S/C39H33N3O5S/c1-2-47-39(46)30-18-20-31(21-19-30)41-38(45)35(28-14-8-4-9-15-28)48-33-24-22-32(23-25-33)40-37(44)34(26-27-12-6-3-7-13-27)42-36(43)29-16-10-5-11-17-29/h3-26,35H,2H2,1H3,(H,40,44)(H,41,45)(H,42,43)/b34-26-. The van der Waals surface area contributed by atoms with Crippen molar-refractivity contribution in [2.24, 2.45) is 0 Å². The Morgan fingerprint density at radius 1 is 0.667 bits per heavy atom. The monoisotopic (exact) mass is 655 g/mol. The van der Waals surface area contributed by atoms with Crippen LogP contribution in [-0.2, 0) is 14.3 Å². The van der Waals surface area contributed by atoms with Crippen molar-refractivity contribution in [3.63, 3.8) is 0 Å². The summed E-state index contributed by atoms with van der Waals surface area (Å²) in [5.74, 6) is -1.55. The molecule has 0 aliphatic carbocycles. The maximum absolute atomic E-state index is 13.5. The van der Waals surface area contributed by atoms with Gasteiger partial charge in [0.15, 0.2) is 0 Å². The number of hydrogen-bond donors (Lipinski definition) is 3. The summed E-state index contributed by atoms with van der Waals surface area (Å²) in [4.78, 5) is 52.7. The van der Waals surface area contributed by atoms with E-state index in [9.17, 15) is 19.2 Å². The predicted molar refractivity (Wildman–Crippen MR) is 189 cm³/mol. The van der Waals surface area contributed by atoms with E-state index in [2.05, 4.69) is 16.0 Å². The summed E-state index contributed by atoms with van der Waals surface area (Å²) in [6.45, 7) is 2.02. The van der Waals surface area contributed by atoms with E-state index >= 15 is 0 Å². The number of nitrogens with one attached hydrogen (secondary N) is 3. The number of anilines is 2. The number of amides is 3. The molecule has 1 atom stereocenters. The first kappa shape index (κ1) is 33.4. The minimum Gasteiger partial charge on any atom is -0.462 e. The molecule has 3 N–H and O–H groups in total. The minimum atomic E-state index is -0.593. The number of thioether (sulfide) groups is 1. The molecule has 0 bridgehead atoms. The second-order valence-corrected chi connectivity index (χ2v) is 11.6. The molecule has 3 amide bonds. The summed E-state index contributed by atoms with van der Waals surface area (Å²) >= 11 is 1.36. The Balaban J connectivity index is 1.29. The second-order valence-electron chi connectivity index (χ2n) is 10.5. The fourth-order valence-corrected chi connectivity index (χ4v) is 5.65. The van der Waals surface area contributed by atoms with Gasteiger partial charge in [-0.25, -0.2) is 4.79 Å². The zero-order valence-electron chi connectivity index (χ0n) is 26.1. The Labute approximate surface area is 283 Å². The van der Waals surface area contributed by atoms with Crippen molar-refractivity contribution in [1.82, 2.24) is 5.32 Å². The number of ether oxygens (including phenoxy) is 1. The first-order valence-corrected chi connectivity index (χ1v) is 16.1. The lowest BCUT2D eigenvalue weighted by molar-refractivity contribution is -0.116. The van der Waals surface area contributed by atoms with Crippen LogP contribution in [-0.4, -0.2) is 30.3 Å². The van der Waals surface area contributed by atoms with Gasteiger partial charge in [0, 0.05) is 21.8 Å². The van der Waals surface area contributed by atoms with Crippen LogP contribution < -0.4 is 16.0 Å². The van der Waals surface area contributed by atoms with E-state index in [0.717, 1.165) is 16.0 Å². The highest BCUT2D eigenvalue weighted by atomic mass is 32.2. The van der Waals surface area contributed by atoms with Crippen molar-refractivity contribution in [3.05, 3.63) is 167 Å². The molecule has 0 aliphatic heterocycles. The summed E-state index contributed by atoms with van der Waals surface area (Å²) in [6, 6.07) is 41.0. The highest BCUT2D eigenvalue weighted by Crippen LogP contribution is 2.37. The van der Waals surface area contributed by atoms with Gasteiger partial charge in [-0.15, -0.1) is 11.8 Å². The van der Waals surface area contributed by atoms with Gasteiger partial charge in [-0.1, -0.05) is 78.9 Å². The zero-order valence-corrected chi connectivity index (χ0v) is 26.9. The molecular formula is C39H33N3O5S. The number of benzene rings is 5. The third-order valence-corrected chi connectivity index (χ3v) is 8.28. The molecular weight excluding hydrogens is 623 g/mol. The first-order chi connectivity index (χ1) is 23.4. The molecule has 0 fully saturated rings. The summed E-state index contributed by atoms with van der Waals surface area (Å²) in [6.07, 6.45) is 1.62. The number of esters is 1. The van der Waals surface area contributed by atoms with Crippen LogP contribution in [0.25, 0.3) is 6.08 Å². The second kappa shape index (κ2) is 16.6. The lowest BCUT2D eigenvalue weighted by Gasteiger charge is -2.18. The molecule has 5 aromatic rings. The average Bonchev–Trinajstić information content (AvgIpc) is 3.12. The van der Waals surface area contributed by atoms with Crippen LogP contribution in [0.15, 0.2) is 150 Å². The molecule has 9 heteroatoms. The van der Waals surface area contributed by atoms with Gasteiger partial charge in [0.1, 0.15) is 10.9 Å². The zero-order chi connectivity index (χ0) is 33.7. The summed E-state index contributed by atoms with van der Waals surface area (Å²) < 4.78 is 5.04. The number of carbonyl (C=O) groups is 4. The summed E-state index contributed by atoms with van der Waals surface area (Å²) in [5, 5.41) is 7.96. The average molecular weight is 656 g/mol. The van der Waals surface area contributed by atoms with Gasteiger partial charge in [0.25, 0.3) is 11.8 Å².